The molecule has 0 aromatic heterocycles. The fraction of sp³-hybridized carbons (Fsp3) is 0.500. The number of morpholine rings is 1. The fourth-order valence-corrected chi connectivity index (χ4v) is 4.50. The van der Waals surface area contributed by atoms with Gasteiger partial charge in [0.25, 0.3) is 0 Å². The highest BCUT2D eigenvalue weighted by molar-refractivity contribution is 7.89. The number of anilines is 1. The van der Waals surface area contributed by atoms with Gasteiger partial charge in [-0.3, -0.25) is 0 Å². The number of nitrogens with zero attached hydrogens (tertiary/aromatic N) is 1. The molecule has 1 aliphatic heterocycles. The van der Waals surface area contributed by atoms with Crippen LogP contribution in [-0.2, 0) is 14.8 Å². The van der Waals surface area contributed by atoms with E-state index in [2.05, 4.69) is 0 Å². The summed E-state index contributed by atoms with van der Waals surface area (Å²) in [6.45, 7) is 1.72. The number of aliphatic hydroxyl groups is 1. The second-order valence-corrected chi connectivity index (χ2v) is 7.48. The van der Waals surface area contributed by atoms with E-state index in [0.717, 1.165) is 0 Å². The summed E-state index contributed by atoms with van der Waals surface area (Å²) in [4.78, 5) is -0.100. The Morgan fingerprint density at radius 3 is 2.76 bits per heavy atom. The number of nitrogen functional groups attached to an aromatic ring is 1. The van der Waals surface area contributed by atoms with Gasteiger partial charge in [-0.1, -0.05) is 23.2 Å². The molecule has 2 rings (SSSR count). The largest absolute Gasteiger partial charge is 0.396 e. The lowest BCUT2D eigenvalue weighted by atomic mass is 10.2. The van der Waals surface area contributed by atoms with Gasteiger partial charge in [0.2, 0.25) is 10.0 Å². The third-order valence-corrected chi connectivity index (χ3v) is 6.20. The fourth-order valence-electron chi connectivity index (χ4n) is 2.11. The molecule has 21 heavy (non-hydrogen) atoms. The minimum Gasteiger partial charge on any atom is -0.396 e. The Kier molecular flexibility index (Phi) is 5.02. The van der Waals surface area contributed by atoms with Crippen LogP contribution in [-0.4, -0.2) is 49.7 Å². The number of hydrogen-bond donors (Lipinski definition) is 2. The Bertz CT molecular complexity index is 638. The molecule has 1 heterocycles. The molecule has 0 bridgehead atoms. The monoisotopic (exact) mass is 354 g/mol. The number of halogens is 2. The molecule has 1 aromatic rings. The van der Waals surface area contributed by atoms with Gasteiger partial charge in [0, 0.05) is 12.6 Å². The number of nitrogens with two attached hydrogens (primary N) is 1. The van der Waals surface area contributed by atoms with Crippen molar-refractivity contribution in [2.24, 2.45) is 0 Å². The summed E-state index contributed by atoms with van der Waals surface area (Å²) in [6, 6.07) is 2.35. The van der Waals surface area contributed by atoms with Crippen molar-refractivity contribution in [1.29, 1.82) is 0 Å². The minimum absolute atomic E-state index is 0.0269. The summed E-state index contributed by atoms with van der Waals surface area (Å²) >= 11 is 11.8. The first-order valence-electron chi connectivity index (χ1n) is 6.26. The van der Waals surface area contributed by atoms with Gasteiger partial charge in [-0.05, 0) is 19.1 Å². The van der Waals surface area contributed by atoms with Crippen molar-refractivity contribution < 1.29 is 18.3 Å². The molecule has 1 saturated heterocycles. The van der Waals surface area contributed by atoms with Crippen LogP contribution < -0.4 is 5.73 Å². The molecule has 3 N–H and O–H groups in total. The molecule has 2 unspecified atom stereocenters. The Morgan fingerprint density at radius 2 is 2.14 bits per heavy atom. The van der Waals surface area contributed by atoms with Crippen molar-refractivity contribution in [2.75, 3.05) is 25.5 Å². The third-order valence-electron chi connectivity index (χ3n) is 3.33. The van der Waals surface area contributed by atoms with Gasteiger partial charge in [-0.15, -0.1) is 0 Å². The van der Waals surface area contributed by atoms with Gasteiger partial charge in [-0.2, -0.15) is 4.31 Å². The first-order valence-corrected chi connectivity index (χ1v) is 8.46. The van der Waals surface area contributed by atoms with Gasteiger partial charge in [0.1, 0.15) is 4.90 Å². The first kappa shape index (κ1) is 16.8. The number of benzene rings is 1. The average molecular weight is 355 g/mol. The highest BCUT2D eigenvalue weighted by atomic mass is 35.5. The molecule has 9 heteroatoms. The average Bonchev–Trinajstić information content (AvgIpc) is 2.45. The SMILES string of the molecule is CC1COC(CO)CN1S(=O)(=O)c1ccc(Cl)c(N)c1Cl. The maximum Gasteiger partial charge on any atom is 0.245 e. The van der Waals surface area contributed by atoms with Crippen LogP contribution >= 0.6 is 23.2 Å². The summed E-state index contributed by atoms with van der Waals surface area (Å²) in [5.41, 5.74) is 5.71. The normalized spacial score (nSPS) is 24.2. The minimum atomic E-state index is -3.85. The Hall–Kier alpha value is -0.570. The van der Waals surface area contributed by atoms with E-state index in [1.54, 1.807) is 6.92 Å². The van der Waals surface area contributed by atoms with Crippen LogP contribution in [0.4, 0.5) is 5.69 Å². The predicted octanol–water partition coefficient (Wildman–Crippen LogP) is 1.35. The molecule has 6 nitrogen and oxygen atoms in total. The molecular formula is C12H16Cl2N2O4S. The van der Waals surface area contributed by atoms with Crippen LogP contribution in [0.3, 0.4) is 0 Å². The lowest BCUT2D eigenvalue weighted by Gasteiger charge is -2.36. The van der Waals surface area contributed by atoms with Crippen molar-refractivity contribution in [3.05, 3.63) is 22.2 Å². The van der Waals surface area contributed by atoms with Crippen molar-refractivity contribution in [1.82, 2.24) is 4.31 Å². The molecule has 0 amide bonds. The van der Waals surface area contributed by atoms with Crippen LogP contribution in [0.1, 0.15) is 6.92 Å². The molecule has 0 radical (unpaired) electrons. The Morgan fingerprint density at radius 1 is 1.48 bits per heavy atom. The zero-order chi connectivity index (χ0) is 15.8. The smallest absolute Gasteiger partial charge is 0.245 e. The van der Waals surface area contributed by atoms with E-state index < -0.39 is 16.1 Å². The molecule has 1 fully saturated rings. The van der Waals surface area contributed by atoms with Crippen LogP contribution in [0, 0.1) is 0 Å². The molecule has 0 spiro atoms. The second kappa shape index (κ2) is 6.28. The van der Waals surface area contributed by atoms with Gasteiger partial charge < -0.3 is 15.6 Å². The Balaban J connectivity index is 2.44. The topological polar surface area (TPSA) is 92.9 Å². The van der Waals surface area contributed by atoms with Crippen molar-refractivity contribution in [2.45, 2.75) is 24.0 Å². The predicted molar refractivity (Wildman–Crippen MR) is 81.1 cm³/mol. The zero-order valence-electron chi connectivity index (χ0n) is 11.3. The number of sulfonamides is 1. The van der Waals surface area contributed by atoms with E-state index in [4.69, 9.17) is 38.8 Å². The molecule has 0 aliphatic carbocycles. The van der Waals surface area contributed by atoms with Crippen LogP contribution in [0.5, 0.6) is 0 Å². The van der Waals surface area contributed by atoms with E-state index in [1.807, 2.05) is 0 Å². The number of rotatable bonds is 3. The van der Waals surface area contributed by atoms with Gasteiger partial charge in [0.05, 0.1) is 35.1 Å². The van der Waals surface area contributed by atoms with Crippen molar-refractivity contribution >= 4 is 38.9 Å². The van der Waals surface area contributed by atoms with Gasteiger partial charge in [0.15, 0.2) is 0 Å². The van der Waals surface area contributed by atoms with E-state index in [9.17, 15) is 8.42 Å². The molecule has 118 valence electrons. The van der Waals surface area contributed by atoms with Crippen LogP contribution in [0.25, 0.3) is 0 Å². The maximum absolute atomic E-state index is 12.7. The zero-order valence-corrected chi connectivity index (χ0v) is 13.6. The van der Waals surface area contributed by atoms with Crippen molar-refractivity contribution in [3.8, 4) is 0 Å². The Labute approximate surface area is 133 Å². The third kappa shape index (κ3) is 3.13. The molecule has 2 atom stereocenters. The summed E-state index contributed by atoms with van der Waals surface area (Å²) in [5, 5.41) is 9.26. The molecular weight excluding hydrogens is 339 g/mol. The van der Waals surface area contributed by atoms with E-state index in [0.29, 0.717) is 0 Å². The number of aliphatic hydroxyl groups excluding tert-OH is 1. The maximum atomic E-state index is 12.7. The summed E-state index contributed by atoms with van der Waals surface area (Å²) in [7, 11) is -3.85. The lowest BCUT2D eigenvalue weighted by molar-refractivity contribution is -0.0516. The standard InChI is InChI=1S/C12H16Cl2N2O4S/c1-7-6-20-8(5-17)4-16(7)21(18,19)10-3-2-9(13)12(15)11(10)14/h2-3,7-8,17H,4-6,15H2,1H3. The van der Waals surface area contributed by atoms with Gasteiger partial charge in [-0.25, -0.2) is 8.42 Å². The highest BCUT2D eigenvalue weighted by Crippen LogP contribution is 2.35. The number of ether oxygens (including phenoxy) is 1. The lowest BCUT2D eigenvalue weighted by Crippen LogP contribution is -2.51. The van der Waals surface area contributed by atoms with E-state index >= 15 is 0 Å². The molecule has 0 saturated carbocycles. The first-order chi connectivity index (χ1) is 9.78. The summed E-state index contributed by atoms with van der Waals surface area (Å²) in [6.07, 6.45) is -0.556. The van der Waals surface area contributed by atoms with Crippen molar-refractivity contribution in [3.63, 3.8) is 0 Å². The van der Waals surface area contributed by atoms with Gasteiger partial charge >= 0.3 is 0 Å². The van der Waals surface area contributed by atoms with Crippen LogP contribution in [0.15, 0.2) is 17.0 Å². The quantitative estimate of drug-likeness (QED) is 0.799. The number of hydrogen-bond acceptors (Lipinski definition) is 5. The molecule has 1 aromatic carbocycles. The second-order valence-electron chi connectivity index (χ2n) is 4.83. The highest BCUT2D eigenvalue weighted by Gasteiger charge is 2.36. The van der Waals surface area contributed by atoms with E-state index in [-0.39, 0.29) is 46.4 Å². The van der Waals surface area contributed by atoms with Crippen LogP contribution in [0.2, 0.25) is 10.0 Å². The van der Waals surface area contributed by atoms with E-state index in [1.165, 1.54) is 16.4 Å². The summed E-state index contributed by atoms with van der Waals surface area (Å²) < 4.78 is 32.1. The molecule has 1 aliphatic rings. The summed E-state index contributed by atoms with van der Waals surface area (Å²) in [5.74, 6) is 0.